The Bertz CT molecular complexity index is 587. The first-order valence-electron chi connectivity index (χ1n) is 8.26. The minimum Gasteiger partial charge on any atom is -0.464 e. The molecule has 1 aromatic heterocycles. The van der Waals surface area contributed by atoms with Gasteiger partial charge in [-0.1, -0.05) is 13.8 Å². The fraction of sp³-hybridized carbons (Fsp3) is 0.706. The zero-order chi connectivity index (χ0) is 16.6. The van der Waals surface area contributed by atoms with Crippen molar-refractivity contribution in [3.63, 3.8) is 0 Å². The van der Waals surface area contributed by atoms with E-state index in [9.17, 15) is 5.11 Å². The molecule has 1 saturated carbocycles. The van der Waals surface area contributed by atoms with Crippen molar-refractivity contribution in [3.05, 3.63) is 23.7 Å². The Morgan fingerprint density at radius 2 is 2.21 bits per heavy atom. The lowest BCUT2D eigenvalue weighted by molar-refractivity contribution is -0.106. The van der Waals surface area contributed by atoms with Crippen LogP contribution in [0.3, 0.4) is 0 Å². The maximum Gasteiger partial charge on any atom is 0.191 e. The topological polar surface area (TPSA) is 79.0 Å². The molecule has 2 fully saturated rings. The number of nitrogens with zero attached hydrogens (tertiary/aromatic N) is 1. The van der Waals surface area contributed by atoms with Gasteiger partial charge in [-0.2, -0.15) is 0 Å². The van der Waals surface area contributed by atoms with Crippen molar-refractivity contribution >= 4 is 29.9 Å². The molecule has 2 heterocycles. The van der Waals surface area contributed by atoms with E-state index in [-0.39, 0.29) is 29.4 Å². The van der Waals surface area contributed by atoms with Crippen molar-refractivity contribution in [1.82, 2.24) is 10.6 Å². The summed E-state index contributed by atoms with van der Waals surface area (Å²) in [5.41, 5.74) is 0.0928. The quantitative estimate of drug-likeness (QED) is 0.373. The molecule has 136 valence electrons. The van der Waals surface area contributed by atoms with E-state index in [1.807, 2.05) is 13.0 Å². The molecular formula is C17H28IN3O3. The number of hydrogen-bond acceptors (Lipinski definition) is 4. The molecule has 0 amide bonds. The predicted molar refractivity (Wildman–Crippen MR) is 104 cm³/mol. The first kappa shape index (κ1) is 19.5. The van der Waals surface area contributed by atoms with E-state index in [1.54, 1.807) is 13.1 Å². The Labute approximate surface area is 160 Å². The maximum absolute atomic E-state index is 10.2. The smallest absolute Gasteiger partial charge is 0.191 e. The molecule has 4 atom stereocenters. The average Bonchev–Trinajstić information content (AvgIpc) is 3.14. The number of aryl methyl sites for hydroxylation is 1. The van der Waals surface area contributed by atoms with Crippen LogP contribution >= 0.6 is 24.0 Å². The third kappa shape index (κ3) is 3.57. The Hall–Kier alpha value is -0.800. The molecule has 24 heavy (non-hydrogen) atoms. The summed E-state index contributed by atoms with van der Waals surface area (Å²) in [5.74, 6) is 2.61. The lowest BCUT2D eigenvalue weighted by atomic mass is 9.57. The normalized spacial score (nSPS) is 29.2. The summed E-state index contributed by atoms with van der Waals surface area (Å²) < 4.78 is 11.3. The van der Waals surface area contributed by atoms with Crippen molar-refractivity contribution in [2.24, 2.45) is 16.3 Å². The van der Waals surface area contributed by atoms with E-state index < -0.39 is 6.10 Å². The van der Waals surface area contributed by atoms with Gasteiger partial charge in [0.25, 0.3) is 0 Å². The van der Waals surface area contributed by atoms with Crippen LogP contribution < -0.4 is 10.6 Å². The molecule has 1 aliphatic heterocycles. The highest BCUT2D eigenvalue weighted by Crippen LogP contribution is 2.52. The summed E-state index contributed by atoms with van der Waals surface area (Å²) in [5, 5.41) is 16.9. The van der Waals surface area contributed by atoms with Crippen LogP contribution in [-0.4, -0.2) is 43.4 Å². The van der Waals surface area contributed by atoms with Crippen molar-refractivity contribution in [2.45, 2.75) is 45.4 Å². The fourth-order valence-corrected chi connectivity index (χ4v) is 3.89. The average molecular weight is 449 g/mol. The van der Waals surface area contributed by atoms with Gasteiger partial charge in [0, 0.05) is 31.0 Å². The van der Waals surface area contributed by atoms with Gasteiger partial charge in [0.2, 0.25) is 0 Å². The third-order valence-electron chi connectivity index (χ3n) is 5.17. The molecular weight excluding hydrogens is 421 g/mol. The first-order chi connectivity index (χ1) is 10.9. The molecule has 0 aromatic carbocycles. The van der Waals surface area contributed by atoms with Gasteiger partial charge in [-0.05, 0) is 25.5 Å². The summed E-state index contributed by atoms with van der Waals surface area (Å²) in [7, 11) is 1.74. The van der Waals surface area contributed by atoms with Gasteiger partial charge in [0.05, 0.1) is 12.6 Å². The number of aliphatic imine (C=N–C) groups is 1. The molecule has 7 heteroatoms. The minimum atomic E-state index is -0.695. The fourth-order valence-electron chi connectivity index (χ4n) is 3.89. The van der Waals surface area contributed by atoms with Gasteiger partial charge in [0.15, 0.2) is 5.96 Å². The lowest BCUT2D eigenvalue weighted by Crippen LogP contribution is -2.68. The summed E-state index contributed by atoms with van der Waals surface area (Å²) in [4.78, 5) is 4.27. The Morgan fingerprint density at radius 1 is 1.46 bits per heavy atom. The van der Waals surface area contributed by atoms with Gasteiger partial charge in [-0.3, -0.25) is 4.99 Å². The molecule has 4 unspecified atom stereocenters. The molecule has 3 rings (SSSR count). The number of nitrogens with one attached hydrogen (secondary N) is 2. The number of aliphatic hydroxyl groups excluding tert-OH is 1. The zero-order valence-electron chi connectivity index (χ0n) is 14.7. The molecule has 0 radical (unpaired) electrons. The lowest BCUT2D eigenvalue weighted by Gasteiger charge is -2.54. The molecule has 1 saturated heterocycles. The van der Waals surface area contributed by atoms with Crippen molar-refractivity contribution in [1.29, 1.82) is 0 Å². The number of fused-ring (bicyclic) bond motifs is 1. The van der Waals surface area contributed by atoms with Crippen LogP contribution in [0, 0.1) is 18.3 Å². The minimum absolute atomic E-state index is 0. The predicted octanol–water partition coefficient (Wildman–Crippen LogP) is 2.22. The number of hydrogen-bond donors (Lipinski definition) is 3. The van der Waals surface area contributed by atoms with E-state index in [0.29, 0.717) is 36.3 Å². The highest BCUT2D eigenvalue weighted by atomic mass is 127. The number of furan rings is 1. The van der Waals surface area contributed by atoms with Crippen molar-refractivity contribution in [2.75, 3.05) is 20.2 Å². The summed E-state index contributed by atoms with van der Waals surface area (Å²) in [6.07, 6.45) is 0.742. The van der Waals surface area contributed by atoms with Gasteiger partial charge >= 0.3 is 0 Å². The van der Waals surface area contributed by atoms with Crippen LogP contribution in [0.2, 0.25) is 0 Å². The molecule has 6 nitrogen and oxygen atoms in total. The van der Waals surface area contributed by atoms with E-state index in [2.05, 4.69) is 29.5 Å². The second kappa shape index (κ2) is 7.61. The zero-order valence-corrected chi connectivity index (χ0v) is 17.0. The second-order valence-corrected chi connectivity index (χ2v) is 7.10. The number of rotatable bonds is 4. The Morgan fingerprint density at radius 3 is 2.83 bits per heavy atom. The summed E-state index contributed by atoms with van der Waals surface area (Å²) in [6.45, 7) is 7.52. The summed E-state index contributed by atoms with van der Waals surface area (Å²) in [6, 6.07) is 3.99. The van der Waals surface area contributed by atoms with E-state index >= 15 is 0 Å². The highest BCUT2D eigenvalue weighted by Gasteiger charge is 2.59. The Kier molecular flexibility index (Phi) is 6.19. The van der Waals surface area contributed by atoms with Crippen molar-refractivity contribution in [3.8, 4) is 0 Å². The second-order valence-electron chi connectivity index (χ2n) is 7.10. The molecule has 0 spiro atoms. The SMILES string of the molecule is CN=C(NCC(O)c1ccc(C)o1)NC1C2CCOC2C1(C)C.I. The number of halogens is 1. The maximum atomic E-state index is 10.2. The Balaban J connectivity index is 0.00000208. The molecule has 1 aromatic rings. The van der Waals surface area contributed by atoms with Gasteiger partial charge < -0.3 is 24.9 Å². The third-order valence-corrected chi connectivity index (χ3v) is 5.17. The van der Waals surface area contributed by atoms with E-state index in [0.717, 1.165) is 18.8 Å². The van der Waals surface area contributed by atoms with Crippen LogP contribution in [0.1, 0.15) is 37.9 Å². The number of guanidine groups is 1. The van der Waals surface area contributed by atoms with Crippen LogP contribution in [0.5, 0.6) is 0 Å². The van der Waals surface area contributed by atoms with Gasteiger partial charge in [-0.15, -0.1) is 24.0 Å². The molecule has 0 bridgehead atoms. The van der Waals surface area contributed by atoms with Gasteiger partial charge in [0.1, 0.15) is 17.6 Å². The first-order valence-corrected chi connectivity index (χ1v) is 8.26. The largest absolute Gasteiger partial charge is 0.464 e. The van der Waals surface area contributed by atoms with Crippen LogP contribution in [0.25, 0.3) is 0 Å². The highest BCUT2D eigenvalue weighted by molar-refractivity contribution is 14.0. The van der Waals surface area contributed by atoms with Crippen LogP contribution in [0.15, 0.2) is 21.5 Å². The molecule has 3 N–H and O–H groups in total. The van der Waals surface area contributed by atoms with Crippen LogP contribution in [0.4, 0.5) is 0 Å². The van der Waals surface area contributed by atoms with Crippen LogP contribution in [-0.2, 0) is 4.74 Å². The standard InChI is InChI=1S/C17H27N3O3.HI/c1-10-5-6-13(23-10)12(21)9-19-16(18-4)20-14-11-7-8-22-15(11)17(14,2)3;/h5-6,11-12,14-15,21H,7-9H2,1-4H3,(H2,18,19,20);1H. The van der Waals surface area contributed by atoms with Crippen molar-refractivity contribution < 1.29 is 14.3 Å². The monoisotopic (exact) mass is 449 g/mol. The van der Waals surface area contributed by atoms with E-state index in [4.69, 9.17) is 9.15 Å². The van der Waals surface area contributed by atoms with E-state index in [1.165, 1.54) is 0 Å². The number of ether oxygens (including phenoxy) is 1. The molecule has 2 aliphatic rings. The molecule has 1 aliphatic carbocycles. The van der Waals surface area contributed by atoms with Gasteiger partial charge in [-0.25, -0.2) is 0 Å². The number of aliphatic hydroxyl groups is 1. The summed E-state index contributed by atoms with van der Waals surface area (Å²) >= 11 is 0.